The van der Waals surface area contributed by atoms with Crippen LogP contribution < -0.4 is 0 Å². The van der Waals surface area contributed by atoms with Gasteiger partial charge in [-0.05, 0) is 151 Å². The van der Waals surface area contributed by atoms with E-state index in [1.807, 2.05) is 0 Å². The molecule has 0 saturated heterocycles. The van der Waals surface area contributed by atoms with Crippen LogP contribution in [0, 0.1) is 0 Å². The molecule has 0 nitrogen and oxygen atoms in total. The summed E-state index contributed by atoms with van der Waals surface area (Å²) < 4.78 is 0. The van der Waals surface area contributed by atoms with Gasteiger partial charge in [0, 0.05) is 0 Å². The van der Waals surface area contributed by atoms with E-state index in [0.717, 1.165) is 0 Å². The lowest BCUT2D eigenvalue weighted by molar-refractivity contribution is 1.62. The van der Waals surface area contributed by atoms with Crippen LogP contribution >= 0.6 is 0 Å². The lowest BCUT2D eigenvalue weighted by Gasteiger charge is -2.12. The highest BCUT2D eigenvalue weighted by Gasteiger charge is 2.11. The first-order valence-electron chi connectivity index (χ1n) is 20.8. The van der Waals surface area contributed by atoms with Crippen molar-refractivity contribution in [3.8, 4) is 55.6 Å². The molecular weight excluding hydrogens is 721 g/mol. The van der Waals surface area contributed by atoms with Crippen molar-refractivity contribution < 1.29 is 0 Å². The van der Waals surface area contributed by atoms with Gasteiger partial charge in [0.05, 0.1) is 0 Å². The van der Waals surface area contributed by atoms with E-state index in [-0.39, 0.29) is 0 Å². The molecule has 0 bridgehead atoms. The van der Waals surface area contributed by atoms with Gasteiger partial charge in [-0.25, -0.2) is 0 Å². The Kier molecular flexibility index (Phi) is 7.96. The first-order chi connectivity index (χ1) is 29.7. The van der Waals surface area contributed by atoms with Crippen molar-refractivity contribution in [2.75, 3.05) is 0 Å². The number of benzene rings is 12. The average molecular weight is 759 g/mol. The predicted octanol–water partition coefficient (Wildman–Crippen LogP) is 16.9. The van der Waals surface area contributed by atoms with E-state index < -0.39 is 0 Å². The summed E-state index contributed by atoms with van der Waals surface area (Å²) in [5.74, 6) is 0. The molecular formula is C60H38. The fourth-order valence-corrected chi connectivity index (χ4v) is 9.52. The topological polar surface area (TPSA) is 0 Å². The minimum absolute atomic E-state index is 1.23. The first kappa shape index (κ1) is 34.3. The molecule has 0 aliphatic carbocycles. The van der Waals surface area contributed by atoms with Gasteiger partial charge in [0.25, 0.3) is 0 Å². The lowest BCUT2D eigenvalue weighted by atomic mass is 9.92. The summed E-state index contributed by atoms with van der Waals surface area (Å²) in [6, 6.07) is 85.1. The Bertz CT molecular complexity index is 3630. The zero-order chi connectivity index (χ0) is 39.6. The van der Waals surface area contributed by atoms with E-state index in [0.29, 0.717) is 0 Å². The van der Waals surface area contributed by atoms with E-state index in [1.165, 1.54) is 120 Å². The number of hydrogen-bond acceptors (Lipinski definition) is 0. The minimum atomic E-state index is 1.23. The maximum atomic E-state index is 2.34. The molecule has 0 aliphatic heterocycles. The Morgan fingerprint density at radius 1 is 0.150 bits per heavy atom. The van der Waals surface area contributed by atoms with Crippen LogP contribution in [0.25, 0.3) is 120 Å². The zero-order valence-corrected chi connectivity index (χ0v) is 32.9. The highest BCUT2D eigenvalue weighted by atomic mass is 14.2. The fourth-order valence-electron chi connectivity index (χ4n) is 9.52. The van der Waals surface area contributed by atoms with Crippen molar-refractivity contribution >= 4 is 64.6 Å². The molecule has 0 radical (unpaired) electrons. The molecule has 0 fully saturated rings. The molecule has 0 saturated carbocycles. The third-order valence-corrected chi connectivity index (χ3v) is 12.6. The largest absolute Gasteiger partial charge is 0.0616 e. The Labute approximate surface area is 349 Å². The molecule has 0 spiro atoms. The lowest BCUT2D eigenvalue weighted by Crippen LogP contribution is -1.86. The molecule has 0 heteroatoms. The van der Waals surface area contributed by atoms with Gasteiger partial charge >= 0.3 is 0 Å². The van der Waals surface area contributed by atoms with E-state index in [4.69, 9.17) is 0 Å². The van der Waals surface area contributed by atoms with Gasteiger partial charge < -0.3 is 0 Å². The number of hydrogen-bond donors (Lipinski definition) is 0. The summed E-state index contributed by atoms with van der Waals surface area (Å²) in [6.07, 6.45) is 0. The summed E-state index contributed by atoms with van der Waals surface area (Å²) in [7, 11) is 0. The quantitative estimate of drug-likeness (QED) is 0.153. The summed E-state index contributed by atoms with van der Waals surface area (Å²) in [4.78, 5) is 0. The van der Waals surface area contributed by atoms with Crippen molar-refractivity contribution in [2.24, 2.45) is 0 Å². The Morgan fingerprint density at radius 3 is 0.967 bits per heavy atom. The average Bonchev–Trinajstić information content (AvgIpc) is 3.33. The van der Waals surface area contributed by atoms with Crippen molar-refractivity contribution in [1.29, 1.82) is 0 Å². The molecule has 12 aromatic rings. The monoisotopic (exact) mass is 758 g/mol. The van der Waals surface area contributed by atoms with Gasteiger partial charge in [-0.1, -0.05) is 200 Å². The van der Waals surface area contributed by atoms with E-state index in [1.54, 1.807) is 0 Å². The molecule has 12 aromatic carbocycles. The Morgan fingerprint density at radius 2 is 0.483 bits per heavy atom. The summed E-state index contributed by atoms with van der Waals surface area (Å²) in [6.45, 7) is 0. The summed E-state index contributed by atoms with van der Waals surface area (Å²) in [5, 5.41) is 15.2. The van der Waals surface area contributed by atoms with Crippen LogP contribution in [0.3, 0.4) is 0 Å². The standard InChI is InChI=1S/C60H38/c1-3-14-53-40(8-1)10-6-16-55(53)42-20-18-39(19-21-42)44-26-30-57-49(35-44)22-23-51-37-46(28-32-59(51)57)47-29-33-60-52(38-47)25-24-50-36-45(27-31-58(50)60)43-12-5-13-48(34-43)56-17-7-11-41-9-2-4-15-54(41)56/h1-38H. The third-order valence-electron chi connectivity index (χ3n) is 12.6. The van der Waals surface area contributed by atoms with Gasteiger partial charge in [-0.2, -0.15) is 0 Å². The molecule has 0 heterocycles. The maximum absolute atomic E-state index is 2.34. The molecule has 0 atom stereocenters. The van der Waals surface area contributed by atoms with Gasteiger partial charge in [-0.3, -0.25) is 0 Å². The SMILES string of the molecule is c1cc(-c2ccc3c(ccc4cc(-c5ccc6c(ccc7cc(-c8ccc(-c9cccc%10ccccc9%10)cc8)ccc76)c5)ccc43)c2)cc(-c2cccc3ccccc23)c1. The van der Waals surface area contributed by atoms with Crippen LogP contribution in [0.15, 0.2) is 231 Å². The molecule has 12 rings (SSSR count). The van der Waals surface area contributed by atoms with Gasteiger partial charge in [0.2, 0.25) is 0 Å². The second-order valence-corrected chi connectivity index (χ2v) is 16.1. The molecule has 0 aromatic heterocycles. The molecule has 0 aliphatic rings. The molecule has 60 heavy (non-hydrogen) atoms. The predicted molar refractivity (Wildman–Crippen MR) is 259 cm³/mol. The molecule has 278 valence electrons. The maximum Gasteiger partial charge on any atom is -0.0105 e. The van der Waals surface area contributed by atoms with E-state index in [9.17, 15) is 0 Å². The highest BCUT2D eigenvalue weighted by molar-refractivity contribution is 6.11. The van der Waals surface area contributed by atoms with Crippen molar-refractivity contribution in [2.45, 2.75) is 0 Å². The van der Waals surface area contributed by atoms with Crippen LogP contribution in [0.2, 0.25) is 0 Å². The Balaban J connectivity index is 0.826. The fraction of sp³-hybridized carbons (Fsp3) is 0. The number of fused-ring (bicyclic) bond motifs is 8. The zero-order valence-electron chi connectivity index (χ0n) is 32.9. The van der Waals surface area contributed by atoms with Gasteiger partial charge in [0.1, 0.15) is 0 Å². The first-order valence-corrected chi connectivity index (χ1v) is 20.8. The summed E-state index contributed by atoms with van der Waals surface area (Å²) >= 11 is 0. The van der Waals surface area contributed by atoms with Gasteiger partial charge in [-0.15, -0.1) is 0 Å². The molecule has 0 N–H and O–H groups in total. The van der Waals surface area contributed by atoms with Crippen LogP contribution in [0.1, 0.15) is 0 Å². The normalized spacial score (nSPS) is 11.7. The summed E-state index contributed by atoms with van der Waals surface area (Å²) in [5.41, 5.74) is 12.4. The highest BCUT2D eigenvalue weighted by Crippen LogP contribution is 2.38. The molecule has 0 unspecified atom stereocenters. The Hall–Kier alpha value is -7.80. The number of rotatable bonds is 5. The van der Waals surface area contributed by atoms with Crippen molar-refractivity contribution in [3.05, 3.63) is 231 Å². The van der Waals surface area contributed by atoms with E-state index >= 15 is 0 Å². The van der Waals surface area contributed by atoms with Crippen LogP contribution in [-0.2, 0) is 0 Å². The van der Waals surface area contributed by atoms with Gasteiger partial charge in [0.15, 0.2) is 0 Å². The van der Waals surface area contributed by atoms with Crippen LogP contribution in [0.4, 0.5) is 0 Å². The van der Waals surface area contributed by atoms with E-state index in [2.05, 4.69) is 231 Å². The minimum Gasteiger partial charge on any atom is -0.0616 e. The smallest absolute Gasteiger partial charge is 0.0105 e. The van der Waals surface area contributed by atoms with Crippen molar-refractivity contribution in [3.63, 3.8) is 0 Å². The van der Waals surface area contributed by atoms with Crippen LogP contribution in [-0.4, -0.2) is 0 Å². The second kappa shape index (κ2) is 13.9. The molecule has 0 amide bonds. The third kappa shape index (κ3) is 5.84. The second-order valence-electron chi connectivity index (χ2n) is 16.1. The van der Waals surface area contributed by atoms with Crippen LogP contribution in [0.5, 0.6) is 0 Å². The van der Waals surface area contributed by atoms with Crippen molar-refractivity contribution in [1.82, 2.24) is 0 Å².